The molecule has 2 aromatic heterocycles. The Morgan fingerprint density at radius 1 is 1.15 bits per heavy atom. The van der Waals surface area contributed by atoms with Crippen LogP contribution < -0.4 is 20.1 Å². The number of aromatic nitrogens is 3. The van der Waals surface area contributed by atoms with Gasteiger partial charge in [0.2, 0.25) is 17.7 Å². The summed E-state index contributed by atoms with van der Waals surface area (Å²) in [5, 5.41) is 4.48. The van der Waals surface area contributed by atoms with Gasteiger partial charge in [0.15, 0.2) is 23.1 Å². The van der Waals surface area contributed by atoms with Crippen molar-refractivity contribution >= 4 is 29.0 Å². The van der Waals surface area contributed by atoms with Gasteiger partial charge < -0.3 is 25.0 Å². The first-order valence-electron chi connectivity index (χ1n) is 12.6. The number of benzene rings is 1. The van der Waals surface area contributed by atoms with E-state index in [-0.39, 0.29) is 47.3 Å². The molecule has 1 aliphatic heterocycles. The maximum atomic E-state index is 15.4. The highest BCUT2D eigenvalue weighted by Crippen LogP contribution is 2.55. The molecular formula is C28H28F2N6O5. The van der Waals surface area contributed by atoms with Gasteiger partial charge in [-0.25, -0.2) is 8.78 Å². The minimum Gasteiger partial charge on any atom is -0.493 e. The van der Waals surface area contributed by atoms with Crippen LogP contribution in [0, 0.1) is 11.6 Å². The van der Waals surface area contributed by atoms with E-state index in [9.17, 15) is 14.4 Å². The summed E-state index contributed by atoms with van der Waals surface area (Å²) in [7, 11) is 5.69. The number of rotatable bonds is 8. The van der Waals surface area contributed by atoms with E-state index in [1.165, 1.54) is 36.2 Å². The molecule has 1 aromatic carbocycles. The van der Waals surface area contributed by atoms with Crippen molar-refractivity contribution in [1.82, 2.24) is 19.7 Å². The standard InChI is InChI=1S/C28H28F2N6O5/c1-14(26(31)38)16-12-35(13-21(37)34(2)3)33-24(16)18-8-17-15(10-32-18)11-36(27(39)28(17)6-7-28)25-22(29)19(40-4)9-20(41-5)23(25)30/h8-10,12H,1,6-7,11,13H2,2-5H3,(H2,31,38). The highest BCUT2D eigenvalue weighted by atomic mass is 19.1. The SMILES string of the molecule is C=C(C(N)=O)c1cn(CC(=O)N(C)C)nc1-c1cc2c(cn1)CN(c1c(F)c(OC)cc(OC)c1F)C(=O)C21CC1. The third kappa shape index (κ3) is 4.46. The molecule has 0 saturated heterocycles. The summed E-state index contributed by atoms with van der Waals surface area (Å²) in [6, 6.07) is 2.77. The Morgan fingerprint density at radius 3 is 2.32 bits per heavy atom. The molecule has 2 aliphatic rings. The van der Waals surface area contributed by atoms with Crippen LogP contribution in [0.5, 0.6) is 11.5 Å². The van der Waals surface area contributed by atoms with Gasteiger partial charge in [0, 0.05) is 43.7 Å². The molecule has 0 unspecified atom stereocenters. The zero-order valence-electron chi connectivity index (χ0n) is 23.0. The fourth-order valence-electron chi connectivity index (χ4n) is 5.02. The summed E-state index contributed by atoms with van der Waals surface area (Å²) < 4.78 is 42.2. The third-order valence-electron chi connectivity index (χ3n) is 7.48. The summed E-state index contributed by atoms with van der Waals surface area (Å²) in [5.74, 6) is -4.04. The summed E-state index contributed by atoms with van der Waals surface area (Å²) >= 11 is 0. The van der Waals surface area contributed by atoms with Crippen molar-refractivity contribution in [3.8, 4) is 22.9 Å². The minimum atomic E-state index is -1.02. The largest absolute Gasteiger partial charge is 0.493 e. The number of nitrogens with two attached hydrogens (primary N) is 1. The molecule has 1 saturated carbocycles. The summed E-state index contributed by atoms with van der Waals surface area (Å²) in [6.45, 7) is 3.51. The van der Waals surface area contributed by atoms with Gasteiger partial charge in [-0.15, -0.1) is 0 Å². The number of primary amides is 1. The van der Waals surface area contributed by atoms with Crippen LogP contribution in [-0.4, -0.2) is 65.7 Å². The first-order chi connectivity index (χ1) is 19.4. The van der Waals surface area contributed by atoms with E-state index in [1.54, 1.807) is 20.2 Å². The number of hydrogen-bond acceptors (Lipinski definition) is 7. The molecule has 13 heteroatoms. The maximum Gasteiger partial charge on any atom is 0.248 e. The lowest BCUT2D eigenvalue weighted by molar-refractivity contribution is -0.129. The van der Waals surface area contributed by atoms with Crippen molar-refractivity contribution in [3.05, 3.63) is 59.4 Å². The Bertz CT molecular complexity index is 1600. The number of carbonyl (C=O) groups is 3. The molecule has 0 bridgehead atoms. The molecule has 214 valence electrons. The molecule has 1 fully saturated rings. The monoisotopic (exact) mass is 566 g/mol. The number of pyridine rings is 1. The zero-order valence-corrected chi connectivity index (χ0v) is 23.0. The fraction of sp³-hybridized carbons (Fsp3) is 0.321. The predicted molar refractivity (Wildman–Crippen MR) is 144 cm³/mol. The third-order valence-corrected chi connectivity index (χ3v) is 7.48. The van der Waals surface area contributed by atoms with E-state index in [0.29, 0.717) is 29.7 Å². The number of ether oxygens (including phenoxy) is 2. The lowest BCUT2D eigenvalue weighted by Crippen LogP contribution is -2.45. The van der Waals surface area contributed by atoms with Crippen LogP contribution in [-0.2, 0) is 32.9 Å². The van der Waals surface area contributed by atoms with Gasteiger partial charge in [-0.05, 0) is 30.0 Å². The second-order valence-corrected chi connectivity index (χ2v) is 10.2. The van der Waals surface area contributed by atoms with Crippen molar-refractivity contribution in [1.29, 1.82) is 0 Å². The predicted octanol–water partition coefficient (Wildman–Crippen LogP) is 2.41. The topological polar surface area (TPSA) is 133 Å². The van der Waals surface area contributed by atoms with Crippen LogP contribution in [0.15, 0.2) is 31.1 Å². The molecule has 0 atom stereocenters. The van der Waals surface area contributed by atoms with Gasteiger partial charge in [0.05, 0.1) is 31.9 Å². The number of likely N-dealkylation sites (N-methyl/N-ethyl adjacent to an activating group) is 1. The van der Waals surface area contributed by atoms with Crippen molar-refractivity contribution in [2.24, 2.45) is 5.73 Å². The Labute approximate surface area is 234 Å². The first kappa shape index (κ1) is 27.7. The average molecular weight is 567 g/mol. The Balaban J connectivity index is 1.60. The first-order valence-corrected chi connectivity index (χ1v) is 12.6. The lowest BCUT2D eigenvalue weighted by Gasteiger charge is -2.35. The van der Waals surface area contributed by atoms with Crippen molar-refractivity contribution in [2.45, 2.75) is 31.3 Å². The van der Waals surface area contributed by atoms with Gasteiger partial charge in [0.25, 0.3) is 0 Å². The van der Waals surface area contributed by atoms with Crippen molar-refractivity contribution in [2.75, 3.05) is 33.2 Å². The lowest BCUT2D eigenvalue weighted by atomic mass is 9.86. The summed E-state index contributed by atoms with van der Waals surface area (Å²) in [4.78, 5) is 45.1. The van der Waals surface area contributed by atoms with Crippen LogP contribution in [0.4, 0.5) is 14.5 Å². The van der Waals surface area contributed by atoms with Crippen LogP contribution in [0.25, 0.3) is 17.0 Å². The molecule has 0 radical (unpaired) electrons. The van der Waals surface area contributed by atoms with E-state index in [1.807, 2.05) is 0 Å². The molecule has 3 aromatic rings. The highest BCUT2D eigenvalue weighted by molar-refractivity contribution is 6.19. The van der Waals surface area contributed by atoms with Gasteiger partial charge in [-0.2, -0.15) is 5.10 Å². The van der Waals surface area contributed by atoms with Crippen LogP contribution in [0.2, 0.25) is 0 Å². The van der Waals surface area contributed by atoms with Gasteiger partial charge >= 0.3 is 0 Å². The van der Waals surface area contributed by atoms with E-state index in [4.69, 9.17) is 15.2 Å². The molecule has 2 N–H and O–H groups in total. The van der Waals surface area contributed by atoms with Crippen molar-refractivity contribution in [3.63, 3.8) is 0 Å². The second-order valence-electron chi connectivity index (χ2n) is 10.2. The molecule has 3 amide bonds. The molecule has 11 nitrogen and oxygen atoms in total. The minimum absolute atomic E-state index is 0.0237. The number of fused-ring (bicyclic) bond motifs is 2. The van der Waals surface area contributed by atoms with Crippen LogP contribution in [0.3, 0.4) is 0 Å². The van der Waals surface area contributed by atoms with Crippen LogP contribution in [0.1, 0.15) is 29.5 Å². The number of hydrogen-bond donors (Lipinski definition) is 1. The number of methoxy groups -OCH3 is 2. The molecule has 41 heavy (non-hydrogen) atoms. The summed E-state index contributed by atoms with van der Waals surface area (Å²) in [5.41, 5.74) is 5.99. The highest BCUT2D eigenvalue weighted by Gasteiger charge is 2.57. The molecule has 1 aliphatic carbocycles. The Hall–Kier alpha value is -4.81. The zero-order chi connectivity index (χ0) is 29.8. The van der Waals surface area contributed by atoms with Crippen molar-refractivity contribution < 1.29 is 32.6 Å². The molecule has 3 heterocycles. The fourth-order valence-corrected chi connectivity index (χ4v) is 5.02. The van der Waals surface area contributed by atoms with Gasteiger partial charge in [0.1, 0.15) is 17.9 Å². The normalized spacial score (nSPS) is 15.0. The number of halogens is 2. The smallest absolute Gasteiger partial charge is 0.248 e. The number of anilines is 1. The second kappa shape index (κ2) is 9.98. The average Bonchev–Trinajstić information content (AvgIpc) is 3.64. The van der Waals surface area contributed by atoms with E-state index in [0.717, 1.165) is 11.0 Å². The van der Waals surface area contributed by atoms with Gasteiger partial charge in [-0.3, -0.25) is 24.0 Å². The molecule has 1 spiro atoms. The van der Waals surface area contributed by atoms with Crippen LogP contribution >= 0.6 is 0 Å². The Morgan fingerprint density at radius 2 is 1.78 bits per heavy atom. The van der Waals surface area contributed by atoms with Gasteiger partial charge in [-0.1, -0.05) is 6.58 Å². The van der Waals surface area contributed by atoms with E-state index in [2.05, 4.69) is 16.7 Å². The molecular weight excluding hydrogens is 538 g/mol. The van der Waals surface area contributed by atoms with E-state index < -0.39 is 34.6 Å². The number of amides is 3. The number of carbonyl (C=O) groups excluding carboxylic acids is 3. The quantitative estimate of drug-likeness (QED) is 0.414. The molecule has 5 rings (SSSR count). The van der Waals surface area contributed by atoms with E-state index >= 15 is 8.78 Å². The number of nitrogens with zero attached hydrogens (tertiary/aromatic N) is 5. The maximum absolute atomic E-state index is 15.4. The summed E-state index contributed by atoms with van der Waals surface area (Å²) in [6.07, 6.45) is 3.91. The Kier molecular flexibility index (Phi) is 6.76.